The number of anilines is 1. The van der Waals surface area contributed by atoms with E-state index >= 15 is 0 Å². The number of halogens is 1. The van der Waals surface area contributed by atoms with Gasteiger partial charge in [-0.1, -0.05) is 6.92 Å². The maximum Gasteiger partial charge on any atom is 0.157 e. The molecule has 0 amide bonds. The number of hydrogen-bond donors (Lipinski definition) is 1. The molecule has 2 N–H and O–H groups in total. The molecule has 3 nitrogen and oxygen atoms in total. The molecule has 0 aliphatic rings. The molecular formula is C11H16FNO2S. The van der Waals surface area contributed by atoms with E-state index in [1.165, 1.54) is 18.2 Å². The molecule has 0 spiro atoms. The van der Waals surface area contributed by atoms with E-state index in [0.717, 1.165) is 0 Å². The topological polar surface area (TPSA) is 60.2 Å². The van der Waals surface area contributed by atoms with Crippen molar-refractivity contribution in [1.29, 1.82) is 0 Å². The molecule has 0 saturated carbocycles. The molecule has 1 aromatic carbocycles. The summed E-state index contributed by atoms with van der Waals surface area (Å²) < 4.78 is 36.6. The third kappa shape index (κ3) is 2.95. The molecule has 1 rings (SSSR count). The summed E-state index contributed by atoms with van der Waals surface area (Å²) in [5.41, 5.74) is 6.25. The van der Waals surface area contributed by atoms with Crippen LogP contribution in [0.25, 0.3) is 0 Å². The van der Waals surface area contributed by atoms with Crippen LogP contribution in [0.3, 0.4) is 0 Å². The molecule has 90 valence electrons. The molecule has 0 fully saturated rings. The summed E-state index contributed by atoms with van der Waals surface area (Å²) in [4.78, 5) is 0. The van der Waals surface area contributed by atoms with Crippen LogP contribution in [-0.2, 0) is 15.6 Å². The molecule has 0 aliphatic heterocycles. The summed E-state index contributed by atoms with van der Waals surface area (Å²) in [6, 6.07) is 3.78. The van der Waals surface area contributed by atoms with E-state index in [9.17, 15) is 12.8 Å². The Kier molecular flexibility index (Phi) is 3.91. The van der Waals surface area contributed by atoms with Crippen LogP contribution in [0.2, 0.25) is 0 Å². The number of sulfone groups is 1. The van der Waals surface area contributed by atoms with E-state index < -0.39 is 20.9 Å². The van der Waals surface area contributed by atoms with Crippen LogP contribution >= 0.6 is 0 Å². The highest BCUT2D eigenvalue weighted by molar-refractivity contribution is 7.91. The first-order chi connectivity index (χ1) is 7.36. The molecule has 5 heteroatoms. The minimum absolute atomic E-state index is 0.203. The lowest BCUT2D eigenvalue weighted by molar-refractivity contribution is 0.580. The van der Waals surface area contributed by atoms with Gasteiger partial charge in [0.2, 0.25) is 0 Å². The van der Waals surface area contributed by atoms with Crippen molar-refractivity contribution >= 4 is 15.5 Å². The first-order valence-electron chi connectivity index (χ1n) is 5.12. The Bertz CT molecular complexity index is 471. The van der Waals surface area contributed by atoms with Crippen molar-refractivity contribution in [3.8, 4) is 0 Å². The van der Waals surface area contributed by atoms with Crippen LogP contribution in [0.1, 0.15) is 25.8 Å². The predicted octanol–water partition coefficient (Wildman–Crippen LogP) is 2.12. The Hall–Kier alpha value is -1.10. The smallest absolute Gasteiger partial charge is 0.157 e. The maximum absolute atomic E-state index is 13.0. The first-order valence-corrected chi connectivity index (χ1v) is 6.84. The number of hydrogen-bond acceptors (Lipinski definition) is 3. The van der Waals surface area contributed by atoms with Crippen molar-refractivity contribution in [2.45, 2.75) is 31.3 Å². The second-order valence-electron chi connectivity index (χ2n) is 3.87. The molecule has 1 atom stereocenters. The fraction of sp³-hybridized carbons (Fsp3) is 0.455. The molecule has 0 heterocycles. The van der Waals surface area contributed by atoms with Gasteiger partial charge in [0.15, 0.2) is 9.84 Å². The highest BCUT2D eigenvalue weighted by atomic mass is 32.2. The lowest BCUT2D eigenvalue weighted by atomic mass is 10.2. The normalized spacial score (nSPS) is 13.7. The zero-order valence-corrected chi connectivity index (χ0v) is 10.2. The number of nitrogen functional groups attached to an aromatic ring is 1. The molecule has 0 saturated heterocycles. The van der Waals surface area contributed by atoms with Gasteiger partial charge in [0.25, 0.3) is 0 Å². The summed E-state index contributed by atoms with van der Waals surface area (Å²) in [6.45, 7) is 3.45. The van der Waals surface area contributed by atoms with E-state index in [1.807, 2.05) is 0 Å². The van der Waals surface area contributed by atoms with Gasteiger partial charge in [0.05, 0.1) is 11.0 Å². The Morgan fingerprint density at radius 1 is 1.44 bits per heavy atom. The molecule has 16 heavy (non-hydrogen) atoms. The van der Waals surface area contributed by atoms with Crippen molar-refractivity contribution in [1.82, 2.24) is 0 Å². The second kappa shape index (κ2) is 4.82. The van der Waals surface area contributed by atoms with E-state index in [2.05, 4.69) is 0 Å². The molecule has 0 radical (unpaired) electrons. The first kappa shape index (κ1) is 13.0. The summed E-state index contributed by atoms with van der Waals surface area (Å²) in [7, 11) is -3.25. The van der Waals surface area contributed by atoms with Crippen LogP contribution in [0, 0.1) is 5.82 Å². The van der Waals surface area contributed by atoms with E-state index in [4.69, 9.17) is 5.73 Å². The average molecular weight is 245 g/mol. The number of rotatable bonds is 4. The quantitative estimate of drug-likeness (QED) is 0.826. The van der Waals surface area contributed by atoms with Gasteiger partial charge in [-0.3, -0.25) is 0 Å². The van der Waals surface area contributed by atoms with Crippen molar-refractivity contribution < 1.29 is 12.8 Å². The van der Waals surface area contributed by atoms with E-state index in [0.29, 0.717) is 17.7 Å². The van der Waals surface area contributed by atoms with Gasteiger partial charge in [-0.15, -0.1) is 0 Å². The van der Waals surface area contributed by atoms with Crippen molar-refractivity contribution in [2.24, 2.45) is 0 Å². The summed E-state index contributed by atoms with van der Waals surface area (Å²) >= 11 is 0. The minimum atomic E-state index is -3.25. The largest absolute Gasteiger partial charge is 0.398 e. The van der Waals surface area contributed by atoms with E-state index in [-0.39, 0.29) is 5.75 Å². The molecule has 0 aromatic heterocycles. The van der Waals surface area contributed by atoms with Crippen LogP contribution in [0.15, 0.2) is 18.2 Å². The third-order valence-corrected chi connectivity index (χ3v) is 4.92. The molecular weight excluding hydrogens is 229 g/mol. The highest BCUT2D eigenvalue weighted by Crippen LogP contribution is 2.19. The molecule has 1 aromatic rings. The molecule has 0 bridgehead atoms. The fourth-order valence-corrected chi connectivity index (χ4v) is 2.79. The van der Waals surface area contributed by atoms with Crippen molar-refractivity contribution in [2.75, 3.05) is 5.73 Å². The van der Waals surface area contributed by atoms with Crippen LogP contribution < -0.4 is 5.73 Å². The highest BCUT2D eigenvalue weighted by Gasteiger charge is 2.20. The van der Waals surface area contributed by atoms with Gasteiger partial charge < -0.3 is 5.73 Å². The molecule has 1 unspecified atom stereocenters. The summed E-state index contributed by atoms with van der Waals surface area (Å²) in [5.74, 6) is -0.672. The van der Waals surface area contributed by atoms with Crippen LogP contribution in [0.4, 0.5) is 10.1 Å². The lowest BCUT2D eigenvalue weighted by Crippen LogP contribution is -2.19. The lowest BCUT2D eigenvalue weighted by Gasteiger charge is -2.11. The summed E-state index contributed by atoms with van der Waals surface area (Å²) in [6.07, 6.45) is 0.539. The summed E-state index contributed by atoms with van der Waals surface area (Å²) in [5, 5.41) is -0.435. The zero-order valence-electron chi connectivity index (χ0n) is 9.40. The van der Waals surface area contributed by atoms with Crippen LogP contribution in [0.5, 0.6) is 0 Å². The average Bonchev–Trinajstić information content (AvgIpc) is 2.22. The molecule has 0 aliphatic carbocycles. The number of nitrogens with two attached hydrogens (primary N) is 1. The fourth-order valence-electron chi connectivity index (χ4n) is 1.31. The van der Waals surface area contributed by atoms with Gasteiger partial charge in [0, 0.05) is 5.69 Å². The Balaban J connectivity index is 3.01. The monoisotopic (exact) mass is 245 g/mol. The second-order valence-corrected chi connectivity index (χ2v) is 6.29. The van der Waals surface area contributed by atoms with Crippen LogP contribution in [-0.4, -0.2) is 13.7 Å². The minimum Gasteiger partial charge on any atom is -0.398 e. The third-order valence-electron chi connectivity index (χ3n) is 2.65. The van der Waals surface area contributed by atoms with Gasteiger partial charge in [-0.2, -0.15) is 0 Å². The van der Waals surface area contributed by atoms with Gasteiger partial charge >= 0.3 is 0 Å². The van der Waals surface area contributed by atoms with Gasteiger partial charge in [-0.25, -0.2) is 12.8 Å². The predicted molar refractivity (Wildman–Crippen MR) is 63.2 cm³/mol. The Labute approximate surface area is 95.4 Å². The number of benzene rings is 1. The van der Waals surface area contributed by atoms with Gasteiger partial charge in [0.1, 0.15) is 5.82 Å². The SMILES string of the molecule is CCC(C)S(=O)(=O)Cc1cc(F)ccc1N. The van der Waals surface area contributed by atoms with E-state index in [1.54, 1.807) is 13.8 Å². The standard InChI is InChI=1S/C11H16FNO2S/c1-3-8(2)16(14,15)7-9-6-10(12)4-5-11(9)13/h4-6,8H,3,7,13H2,1-2H3. The Morgan fingerprint density at radius 2 is 2.06 bits per heavy atom. The zero-order chi connectivity index (χ0) is 12.3. The Morgan fingerprint density at radius 3 is 2.62 bits per heavy atom. The van der Waals surface area contributed by atoms with Crippen molar-refractivity contribution in [3.63, 3.8) is 0 Å². The van der Waals surface area contributed by atoms with Gasteiger partial charge in [-0.05, 0) is 37.1 Å². The maximum atomic E-state index is 13.0. The van der Waals surface area contributed by atoms with Crippen molar-refractivity contribution in [3.05, 3.63) is 29.6 Å².